The Hall–Kier alpha value is -0.0400. The van der Waals surface area contributed by atoms with Crippen LogP contribution in [0.25, 0.3) is 0 Å². The van der Waals surface area contributed by atoms with E-state index in [1.54, 1.807) is 0 Å². The molecule has 1 heteroatoms. The first-order chi connectivity index (χ1) is 4.86. The zero-order chi connectivity index (χ0) is 6.97. The topological polar surface area (TPSA) is 12.0 Å². The van der Waals surface area contributed by atoms with Gasteiger partial charge in [0.2, 0.25) is 0 Å². The second-order valence-electron chi connectivity index (χ2n) is 4.03. The van der Waals surface area contributed by atoms with Crippen LogP contribution in [0, 0.1) is 11.8 Å². The maximum atomic E-state index is 3.61. The van der Waals surface area contributed by atoms with Crippen molar-refractivity contribution in [3.8, 4) is 0 Å². The molecule has 0 bridgehead atoms. The third-order valence-corrected chi connectivity index (χ3v) is 2.89. The fraction of sp³-hybridized carbons (Fsp3) is 1.00. The Morgan fingerprint density at radius 2 is 2.00 bits per heavy atom. The Morgan fingerprint density at radius 3 is 2.60 bits per heavy atom. The quantitative estimate of drug-likeness (QED) is 0.584. The van der Waals surface area contributed by atoms with Crippen molar-refractivity contribution in [2.75, 3.05) is 6.54 Å². The SMILES string of the molecule is C[C@@H]1CCN[C@@H](C2CC2)C1. The summed E-state index contributed by atoms with van der Waals surface area (Å²) in [6.45, 7) is 3.65. The minimum atomic E-state index is 0.892. The summed E-state index contributed by atoms with van der Waals surface area (Å²) in [5, 5.41) is 3.61. The van der Waals surface area contributed by atoms with Crippen LogP contribution in [0.1, 0.15) is 32.6 Å². The molecule has 1 heterocycles. The number of hydrogen-bond acceptors (Lipinski definition) is 1. The molecule has 0 radical (unpaired) electrons. The Morgan fingerprint density at radius 1 is 1.20 bits per heavy atom. The van der Waals surface area contributed by atoms with Crippen LogP contribution in [-0.4, -0.2) is 12.6 Å². The molecule has 2 aliphatic rings. The van der Waals surface area contributed by atoms with Crippen LogP contribution in [0.4, 0.5) is 0 Å². The van der Waals surface area contributed by atoms with Crippen LogP contribution in [0.15, 0.2) is 0 Å². The van der Waals surface area contributed by atoms with Crippen LogP contribution in [0.5, 0.6) is 0 Å². The molecule has 1 nitrogen and oxygen atoms in total. The molecule has 1 N–H and O–H groups in total. The van der Waals surface area contributed by atoms with Gasteiger partial charge in [-0.3, -0.25) is 0 Å². The van der Waals surface area contributed by atoms with Crippen molar-refractivity contribution >= 4 is 0 Å². The number of hydrogen-bond donors (Lipinski definition) is 1. The van der Waals surface area contributed by atoms with Crippen LogP contribution >= 0.6 is 0 Å². The number of rotatable bonds is 1. The lowest BCUT2D eigenvalue weighted by atomic mass is 9.92. The van der Waals surface area contributed by atoms with Gasteiger partial charge in [0.15, 0.2) is 0 Å². The van der Waals surface area contributed by atoms with Gasteiger partial charge in [0.25, 0.3) is 0 Å². The van der Waals surface area contributed by atoms with Gasteiger partial charge in [-0.2, -0.15) is 0 Å². The molecule has 0 unspecified atom stereocenters. The molecule has 2 atom stereocenters. The maximum Gasteiger partial charge on any atom is 0.00978 e. The minimum Gasteiger partial charge on any atom is -0.314 e. The molecule has 2 fully saturated rings. The molecule has 1 aliphatic carbocycles. The lowest BCUT2D eigenvalue weighted by molar-refractivity contribution is 0.297. The Labute approximate surface area is 63.2 Å². The predicted octanol–water partition coefficient (Wildman–Crippen LogP) is 1.78. The van der Waals surface area contributed by atoms with Crippen molar-refractivity contribution in [3.63, 3.8) is 0 Å². The van der Waals surface area contributed by atoms with E-state index in [4.69, 9.17) is 0 Å². The molecule has 0 amide bonds. The Kier molecular flexibility index (Phi) is 1.69. The van der Waals surface area contributed by atoms with Gasteiger partial charge in [-0.15, -0.1) is 0 Å². The summed E-state index contributed by atoms with van der Waals surface area (Å²) in [4.78, 5) is 0. The normalized spacial score (nSPS) is 41.7. The molecule has 1 saturated carbocycles. The molecule has 0 spiro atoms. The van der Waals surface area contributed by atoms with Gasteiger partial charge in [-0.25, -0.2) is 0 Å². The largest absolute Gasteiger partial charge is 0.314 e. The van der Waals surface area contributed by atoms with E-state index < -0.39 is 0 Å². The van der Waals surface area contributed by atoms with E-state index in [2.05, 4.69) is 12.2 Å². The second-order valence-corrected chi connectivity index (χ2v) is 4.03. The second kappa shape index (κ2) is 2.54. The lowest BCUT2D eigenvalue weighted by Gasteiger charge is -2.27. The monoisotopic (exact) mass is 139 g/mol. The van der Waals surface area contributed by atoms with Crippen molar-refractivity contribution in [2.24, 2.45) is 11.8 Å². The zero-order valence-electron chi connectivity index (χ0n) is 6.77. The highest BCUT2D eigenvalue weighted by Crippen LogP contribution is 2.36. The molecule has 1 aliphatic heterocycles. The van der Waals surface area contributed by atoms with Crippen LogP contribution < -0.4 is 5.32 Å². The molecule has 1 saturated heterocycles. The molecule has 10 heavy (non-hydrogen) atoms. The molecular formula is C9H17N. The summed E-state index contributed by atoms with van der Waals surface area (Å²) < 4.78 is 0. The highest BCUT2D eigenvalue weighted by Gasteiger charge is 2.33. The first-order valence-electron chi connectivity index (χ1n) is 4.59. The van der Waals surface area contributed by atoms with Gasteiger partial charge in [0.1, 0.15) is 0 Å². The van der Waals surface area contributed by atoms with Crippen molar-refractivity contribution in [1.29, 1.82) is 0 Å². The zero-order valence-corrected chi connectivity index (χ0v) is 6.77. The summed E-state index contributed by atoms with van der Waals surface area (Å²) >= 11 is 0. The van der Waals surface area contributed by atoms with Gasteiger partial charge in [0.05, 0.1) is 0 Å². The van der Waals surface area contributed by atoms with E-state index in [0.717, 1.165) is 17.9 Å². The van der Waals surface area contributed by atoms with E-state index in [9.17, 15) is 0 Å². The molecule has 0 aromatic rings. The van der Waals surface area contributed by atoms with Crippen LogP contribution in [0.3, 0.4) is 0 Å². The van der Waals surface area contributed by atoms with E-state index in [1.165, 1.54) is 32.2 Å². The lowest BCUT2D eigenvalue weighted by Crippen LogP contribution is -2.38. The molecule has 58 valence electrons. The third-order valence-electron chi connectivity index (χ3n) is 2.89. The highest BCUT2D eigenvalue weighted by atomic mass is 14.9. The van der Waals surface area contributed by atoms with Gasteiger partial charge >= 0.3 is 0 Å². The summed E-state index contributed by atoms with van der Waals surface area (Å²) in [5.74, 6) is 2.04. The average molecular weight is 139 g/mol. The van der Waals surface area contributed by atoms with E-state index >= 15 is 0 Å². The molecule has 0 aromatic carbocycles. The van der Waals surface area contributed by atoms with Crippen molar-refractivity contribution in [1.82, 2.24) is 5.32 Å². The van der Waals surface area contributed by atoms with Gasteiger partial charge < -0.3 is 5.32 Å². The fourth-order valence-electron chi connectivity index (χ4n) is 2.01. The van der Waals surface area contributed by atoms with Crippen molar-refractivity contribution in [2.45, 2.75) is 38.6 Å². The van der Waals surface area contributed by atoms with E-state index in [1.807, 2.05) is 0 Å². The minimum absolute atomic E-state index is 0.892. The first-order valence-corrected chi connectivity index (χ1v) is 4.59. The first kappa shape index (κ1) is 6.66. The fourth-order valence-corrected chi connectivity index (χ4v) is 2.01. The molecule has 0 aromatic heterocycles. The maximum absolute atomic E-state index is 3.61. The van der Waals surface area contributed by atoms with E-state index in [0.29, 0.717) is 0 Å². The number of nitrogens with one attached hydrogen (secondary N) is 1. The highest BCUT2D eigenvalue weighted by molar-refractivity contribution is 4.89. The predicted molar refractivity (Wildman–Crippen MR) is 42.9 cm³/mol. The van der Waals surface area contributed by atoms with Crippen LogP contribution in [-0.2, 0) is 0 Å². The summed E-state index contributed by atoms with van der Waals surface area (Å²) in [6, 6.07) is 0.892. The average Bonchev–Trinajstić information content (AvgIpc) is 2.68. The smallest absolute Gasteiger partial charge is 0.00978 e. The summed E-state index contributed by atoms with van der Waals surface area (Å²) in [7, 11) is 0. The Balaban J connectivity index is 1.84. The third kappa shape index (κ3) is 1.34. The van der Waals surface area contributed by atoms with Gasteiger partial charge in [0, 0.05) is 6.04 Å². The number of piperidine rings is 1. The standard InChI is InChI=1S/C9H17N/c1-7-4-5-10-9(6-7)8-2-3-8/h7-10H,2-6H2,1H3/t7-,9-/m1/s1. The molecule has 2 rings (SSSR count). The van der Waals surface area contributed by atoms with E-state index in [-0.39, 0.29) is 0 Å². The van der Waals surface area contributed by atoms with Crippen molar-refractivity contribution in [3.05, 3.63) is 0 Å². The van der Waals surface area contributed by atoms with Gasteiger partial charge in [-0.05, 0) is 44.1 Å². The van der Waals surface area contributed by atoms with Crippen LogP contribution in [0.2, 0.25) is 0 Å². The molecular weight excluding hydrogens is 122 g/mol. The summed E-state index contributed by atoms with van der Waals surface area (Å²) in [6.07, 6.45) is 5.81. The Bertz CT molecular complexity index is 118. The van der Waals surface area contributed by atoms with Gasteiger partial charge in [-0.1, -0.05) is 6.92 Å². The van der Waals surface area contributed by atoms with Crippen molar-refractivity contribution < 1.29 is 0 Å². The summed E-state index contributed by atoms with van der Waals surface area (Å²) in [5.41, 5.74) is 0.